The molecule has 0 aliphatic heterocycles. The van der Waals surface area contributed by atoms with Crippen LogP contribution in [0, 0.1) is 14.9 Å². The second-order valence-corrected chi connectivity index (χ2v) is 6.67. The van der Waals surface area contributed by atoms with E-state index in [1.165, 1.54) is 6.08 Å². The number of nitrogens with one attached hydrogen (secondary N) is 1. The van der Waals surface area contributed by atoms with E-state index in [1.807, 2.05) is 34.7 Å². The van der Waals surface area contributed by atoms with Gasteiger partial charge in [-0.3, -0.25) is 9.59 Å². The number of carbonyl (C=O) groups excluding carboxylic acids is 2. The topological polar surface area (TPSA) is 114 Å². The van der Waals surface area contributed by atoms with Crippen LogP contribution >= 0.6 is 22.6 Å². The molecule has 0 atom stereocenters. The van der Waals surface area contributed by atoms with Crippen LogP contribution in [0.1, 0.15) is 12.5 Å². The van der Waals surface area contributed by atoms with Crippen molar-refractivity contribution in [1.29, 1.82) is 5.26 Å². The molecule has 0 fully saturated rings. The lowest BCUT2D eigenvalue weighted by Gasteiger charge is -2.14. The van der Waals surface area contributed by atoms with Crippen molar-refractivity contribution in [2.45, 2.75) is 6.92 Å². The largest absolute Gasteiger partial charge is 0.490 e. The van der Waals surface area contributed by atoms with Crippen molar-refractivity contribution < 1.29 is 19.1 Å². The molecule has 2 rings (SSSR count). The van der Waals surface area contributed by atoms with Crippen molar-refractivity contribution in [2.75, 3.05) is 18.5 Å². The van der Waals surface area contributed by atoms with Gasteiger partial charge in [0.15, 0.2) is 18.1 Å². The Hall–Kier alpha value is -3.06. The van der Waals surface area contributed by atoms with Gasteiger partial charge < -0.3 is 20.5 Å². The summed E-state index contributed by atoms with van der Waals surface area (Å²) < 4.78 is 11.6. The zero-order valence-corrected chi connectivity index (χ0v) is 17.2. The van der Waals surface area contributed by atoms with Crippen LogP contribution in [-0.2, 0) is 9.59 Å². The van der Waals surface area contributed by atoms with Gasteiger partial charge in [-0.2, -0.15) is 5.26 Å². The number of hydrogen-bond donors (Lipinski definition) is 2. The van der Waals surface area contributed by atoms with Crippen molar-refractivity contribution in [1.82, 2.24) is 0 Å². The van der Waals surface area contributed by atoms with E-state index in [2.05, 4.69) is 5.32 Å². The molecule has 2 aromatic rings. The summed E-state index contributed by atoms with van der Waals surface area (Å²) in [6.45, 7) is 1.89. The van der Waals surface area contributed by atoms with Gasteiger partial charge in [-0.1, -0.05) is 18.2 Å². The third-order valence-corrected chi connectivity index (χ3v) is 4.20. The molecule has 0 saturated carbocycles. The first-order chi connectivity index (χ1) is 13.4. The molecule has 7 nitrogen and oxygen atoms in total. The highest BCUT2D eigenvalue weighted by atomic mass is 127. The van der Waals surface area contributed by atoms with Crippen LogP contribution in [0.5, 0.6) is 11.5 Å². The highest BCUT2D eigenvalue weighted by molar-refractivity contribution is 14.1. The summed E-state index contributed by atoms with van der Waals surface area (Å²) in [5.74, 6) is -0.351. The summed E-state index contributed by atoms with van der Waals surface area (Å²) in [5, 5.41) is 12.1. The zero-order valence-electron chi connectivity index (χ0n) is 15.1. The van der Waals surface area contributed by atoms with Crippen LogP contribution in [0.15, 0.2) is 48.0 Å². The molecule has 144 valence electrons. The minimum atomic E-state index is -0.605. The van der Waals surface area contributed by atoms with Crippen molar-refractivity contribution in [3.63, 3.8) is 0 Å². The minimum Gasteiger partial charge on any atom is -0.490 e. The lowest BCUT2D eigenvalue weighted by atomic mass is 10.1. The molecule has 8 heteroatoms. The number of carbonyl (C=O) groups is 2. The zero-order chi connectivity index (χ0) is 20.5. The summed E-state index contributed by atoms with van der Waals surface area (Å²) in [7, 11) is 0. The van der Waals surface area contributed by atoms with E-state index in [9.17, 15) is 14.9 Å². The highest BCUT2D eigenvalue weighted by Crippen LogP contribution is 2.35. The molecule has 28 heavy (non-hydrogen) atoms. The Balaban J connectivity index is 2.32. The van der Waals surface area contributed by atoms with Crippen molar-refractivity contribution in [2.24, 2.45) is 5.73 Å². The molecule has 0 heterocycles. The maximum atomic E-state index is 12.4. The van der Waals surface area contributed by atoms with Gasteiger partial charge in [-0.25, -0.2) is 0 Å². The van der Waals surface area contributed by atoms with Crippen molar-refractivity contribution in [3.05, 3.63) is 57.2 Å². The van der Waals surface area contributed by atoms with Gasteiger partial charge >= 0.3 is 0 Å². The smallest absolute Gasteiger partial charge is 0.266 e. The number of para-hydroxylation sites is 1. The first-order valence-electron chi connectivity index (χ1n) is 8.30. The Morgan fingerprint density at radius 3 is 2.57 bits per heavy atom. The number of hydrogen-bond acceptors (Lipinski definition) is 5. The Morgan fingerprint density at radius 1 is 1.25 bits per heavy atom. The van der Waals surface area contributed by atoms with E-state index in [-0.39, 0.29) is 12.2 Å². The lowest BCUT2D eigenvalue weighted by Crippen LogP contribution is -2.20. The monoisotopic (exact) mass is 491 g/mol. The third kappa shape index (κ3) is 5.99. The van der Waals surface area contributed by atoms with Crippen LogP contribution in [0.4, 0.5) is 5.69 Å². The van der Waals surface area contributed by atoms with Crippen molar-refractivity contribution in [3.8, 4) is 17.6 Å². The van der Waals surface area contributed by atoms with E-state index >= 15 is 0 Å². The number of benzene rings is 2. The van der Waals surface area contributed by atoms with E-state index in [4.69, 9.17) is 15.2 Å². The molecule has 3 N–H and O–H groups in total. The Bertz CT molecular complexity index is 936. The quantitative estimate of drug-likeness (QED) is 0.335. The fourth-order valence-electron chi connectivity index (χ4n) is 2.25. The molecule has 0 aliphatic carbocycles. The van der Waals surface area contributed by atoms with Crippen LogP contribution < -0.4 is 20.5 Å². The van der Waals surface area contributed by atoms with Gasteiger partial charge in [0.1, 0.15) is 11.6 Å². The number of rotatable bonds is 8. The Labute approximate surface area is 176 Å². The molecular formula is C20H18IN3O4. The van der Waals surface area contributed by atoms with E-state index in [0.29, 0.717) is 32.9 Å². The van der Waals surface area contributed by atoms with E-state index in [1.54, 1.807) is 43.3 Å². The second kappa shape index (κ2) is 10.3. The molecule has 0 unspecified atom stereocenters. The summed E-state index contributed by atoms with van der Waals surface area (Å²) in [5.41, 5.74) is 6.24. The van der Waals surface area contributed by atoms with Gasteiger partial charge in [0, 0.05) is 5.69 Å². The number of anilines is 1. The predicted molar refractivity (Wildman–Crippen MR) is 114 cm³/mol. The first-order valence-corrected chi connectivity index (χ1v) is 9.38. The first kappa shape index (κ1) is 21.2. The highest BCUT2D eigenvalue weighted by Gasteiger charge is 2.15. The summed E-state index contributed by atoms with van der Waals surface area (Å²) >= 11 is 2.02. The number of nitrogens with two attached hydrogens (primary N) is 1. The maximum absolute atomic E-state index is 12.4. The van der Waals surface area contributed by atoms with E-state index in [0.717, 1.165) is 0 Å². The molecule has 0 spiro atoms. The number of nitrogens with zero attached hydrogens (tertiary/aromatic N) is 1. The van der Waals surface area contributed by atoms with Gasteiger partial charge in [-0.15, -0.1) is 0 Å². The van der Waals surface area contributed by atoms with Gasteiger partial charge in [0.2, 0.25) is 0 Å². The summed E-state index contributed by atoms with van der Waals surface area (Å²) in [6, 6.07) is 14.1. The molecule has 0 radical (unpaired) electrons. The molecular weight excluding hydrogens is 473 g/mol. The van der Waals surface area contributed by atoms with Crippen LogP contribution in [-0.4, -0.2) is 25.0 Å². The van der Waals surface area contributed by atoms with E-state index < -0.39 is 11.8 Å². The molecule has 0 saturated heterocycles. The Morgan fingerprint density at radius 2 is 1.96 bits per heavy atom. The molecule has 2 amide bonds. The van der Waals surface area contributed by atoms with Crippen LogP contribution in [0.3, 0.4) is 0 Å². The normalized spacial score (nSPS) is 10.7. The lowest BCUT2D eigenvalue weighted by molar-refractivity contribution is -0.120. The van der Waals surface area contributed by atoms with Gasteiger partial charge in [-0.05, 0) is 65.4 Å². The fraction of sp³-hybridized carbons (Fsp3) is 0.150. The third-order valence-electron chi connectivity index (χ3n) is 3.40. The molecule has 0 aromatic heterocycles. The summed E-state index contributed by atoms with van der Waals surface area (Å²) in [4.78, 5) is 23.4. The number of nitriles is 1. The predicted octanol–water partition coefficient (Wildman–Crippen LogP) is 3.10. The number of halogens is 1. The fourth-order valence-corrected chi connectivity index (χ4v) is 3.03. The van der Waals surface area contributed by atoms with Gasteiger partial charge in [0.05, 0.1) is 10.2 Å². The van der Waals surface area contributed by atoms with Crippen molar-refractivity contribution >= 4 is 46.2 Å². The molecule has 2 aromatic carbocycles. The maximum Gasteiger partial charge on any atom is 0.266 e. The van der Waals surface area contributed by atoms with Crippen LogP contribution in [0.2, 0.25) is 0 Å². The number of primary amides is 1. The standard InChI is InChI=1S/C20H18IN3O4/c1-2-27-17-10-13(9-16(21)19(17)28-12-18(23)25)8-14(11-22)20(26)24-15-6-4-3-5-7-15/h3-10H,2,12H2,1H3,(H2,23,25)(H,24,26)/b14-8+. The summed E-state index contributed by atoms with van der Waals surface area (Å²) in [6.07, 6.45) is 1.46. The second-order valence-electron chi connectivity index (χ2n) is 5.51. The SMILES string of the molecule is CCOc1cc(/C=C(\C#N)C(=O)Nc2ccccc2)cc(I)c1OCC(N)=O. The minimum absolute atomic E-state index is 0.0621. The molecule has 0 aliphatic rings. The van der Waals surface area contributed by atoms with Crippen LogP contribution in [0.25, 0.3) is 6.08 Å². The number of amides is 2. The average molecular weight is 491 g/mol. The Kier molecular flexibility index (Phi) is 7.83. The van der Waals surface area contributed by atoms with Gasteiger partial charge in [0.25, 0.3) is 11.8 Å². The average Bonchev–Trinajstić information content (AvgIpc) is 2.66. The molecule has 0 bridgehead atoms. The number of ether oxygens (including phenoxy) is 2.